The Hall–Kier alpha value is -2.81. The first kappa shape index (κ1) is 23.5. The van der Waals surface area contributed by atoms with Gasteiger partial charge in [-0.15, -0.1) is 0 Å². The number of esters is 1. The first-order chi connectivity index (χ1) is 14.2. The molecule has 1 fully saturated rings. The fraction of sp³-hybridized carbons (Fsp3) is 0.571. The molecule has 0 unspecified atom stereocenters. The van der Waals surface area contributed by atoms with Crippen molar-refractivity contribution in [2.45, 2.75) is 51.5 Å². The number of hydrogen-bond donors (Lipinski definition) is 1. The zero-order valence-corrected chi connectivity index (χ0v) is 17.9. The molecule has 9 nitrogen and oxygen atoms in total. The Bertz CT molecular complexity index is 718. The summed E-state index contributed by atoms with van der Waals surface area (Å²) < 4.78 is 21.0. The van der Waals surface area contributed by atoms with Gasteiger partial charge in [0.2, 0.25) is 0 Å². The van der Waals surface area contributed by atoms with Gasteiger partial charge in [0, 0.05) is 13.0 Å². The van der Waals surface area contributed by atoms with Crippen molar-refractivity contribution < 1.29 is 33.3 Å². The van der Waals surface area contributed by atoms with Crippen molar-refractivity contribution in [3.8, 4) is 0 Å². The van der Waals surface area contributed by atoms with Crippen LogP contribution in [0.15, 0.2) is 30.3 Å². The molecule has 0 spiro atoms. The molecule has 1 saturated heterocycles. The maximum atomic E-state index is 12.3. The molecule has 0 radical (unpaired) electrons. The summed E-state index contributed by atoms with van der Waals surface area (Å²) in [6.45, 7) is 6.39. The maximum Gasteiger partial charge on any atom is 0.410 e. The van der Waals surface area contributed by atoms with Gasteiger partial charge in [0.1, 0.15) is 18.2 Å². The van der Waals surface area contributed by atoms with E-state index in [0.717, 1.165) is 5.56 Å². The molecule has 0 aliphatic carbocycles. The van der Waals surface area contributed by atoms with Gasteiger partial charge in [0.05, 0.1) is 26.4 Å². The first-order valence-electron chi connectivity index (χ1n) is 9.82. The highest BCUT2D eigenvalue weighted by Gasteiger charge is 2.32. The maximum absolute atomic E-state index is 12.3. The lowest BCUT2D eigenvalue weighted by molar-refractivity contribution is -0.144. The Morgan fingerprint density at radius 3 is 2.57 bits per heavy atom. The highest BCUT2D eigenvalue weighted by molar-refractivity contribution is 5.81. The number of amides is 2. The molecule has 9 heteroatoms. The SMILES string of the molecule is COC(=O)[C@@H](C[C@H]1CN(C(=O)OC(C)(C)C)CCO1)NC(=O)OCc1ccccc1. The molecular formula is C21H30N2O7. The predicted molar refractivity (Wildman–Crippen MR) is 108 cm³/mol. The van der Waals surface area contributed by atoms with Crippen LogP contribution in [0.3, 0.4) is 0 Å². The smallest absolute Gasteiger partial charge is 0.410 e. The molecule has 2 amide bonds. The number of nitrogens with one attached hydrogen (secondary N) is 1. The molecule has 166 valence electrons. The second-order valence-electron chi connectivity index (χ2n) is 7.94. The minimum absolute atomic E-state index is 0.0763. The summed E-state index contributed by atoms with van der Waals surface area (Å²) in [5.74, 6) is -0.621. The summed E-state index contributed by atoms with van der Waals surface area (Å²) in [7, 11) is 1.24. The highest BCUT2D eigenvalue weighted by Crippen LogP contribution is 2.16. The summed E-state index contributed by atoms with van der Waals surface area (Å²) >= 11 is 0. The van der Waals surface area contributed by atoms with Gasteiger partial charge in [-0.2, -0.15) is 0 Å². The topological polar surface area (TPSA) is 103 Å². The van der Waals surface area contributed by atoms with Crippen molar-refractivity contribution in [2.75, 3.05) is 26.8 Å². The van der Waals surface area contributed by atoms with Crippen LogP contribution >= 0.6 is 0 Å². The monoisotopic (exact) mass is 422 g/mol. The van der Waals surface area contributed by atoms with E-state index in [-0.39, 0.29) is 19.6 Å². The third-order valence-corrected chi connectivity index (χ3v) is 4.28. The van der Waals surface area contributed by atoms with Gasteiger partial charge in [0.15, 0.2) is 0 Å². The minimum Gasteiger partial charge on any atom is -0.467 e. The Morgan fingerprint density at radius 2 is 1.93 bits per heavy atom. The number of alkyl carbamates (subject to hydrolysis) is 1. The van der Waals surface area contributed by atoms with Crippen LogP contribution in [0.1, 0.15) is 32.8 Å². The quantitative estimate of drug-likeness (QED) is 0.555. The molecular weight excluding hydrogens is 392 g/mol. The molecule has 1 aromatic rings. The first-order valence-corrected chi connectivity index (χ1v) is 9.82. The average molecular weight is 422 g/mol. The van der Waals surface area contributed by atoms with Gasteiger partial charge < -0.3 is 29.2 Å². The van der Waals surface area contributed by atoms with Crippen LogP contribution in [0.2, 0.25) is 0 Å². The molecule has 0 aromatic heterocycles. The molecule has 1 aliphatic rings. The van der Waals surface area contributed by atoms with Crippen LogP contribution in [0, 0.1) is 0 Å². The van der Waals surface area contributed by atoms with Crippen molar-refractivity contribution in [1.82, 2.24) is 10.2 Å². The molecule has 1 aromatic carbocycles. The van der Waals surface area contributed by atoms with Gasteiger partial charge in [-0.05, 0) is 26.3 Å². The number of methoxy groups -OCH3 is 1. The summed E-state index contributed by atoms with van der Waals surface area (Å²) in [5, 5.41) is 2.52. The largest absolute Gasteiger partial charge is 0.467 e. The molecule has 0 saturated carbocycles. The molecule has 1 aliphatic heterocycles. The third kappa shape index (κ3) is 7.90. The zero-order chi connectivity index (χ0) is 22.1. The molecule has 1 heterocycles. The Labute approximate surface area is 176 Å². The fourth-order valence-electron chi connectivity index (χ4n) is 2.88. The molecule has 2 rings (SSSR count). The van der Waals surface area contributed by atoms with Gasteiger partial charge >= 0.3 is 18.2 Å². The van der Waals surface area contributed by atoms with Crippen molar-refractivity contribution in [3.05, 3.63) is 35.9 Å². The number of carbonyl (C=O) groups excluding carboxylic acids is 3. The van der Waals surface area contributed by atoms with Crippen molar-refractivity contribution in [3.63, 3.8) is 0 Å². The van der Waals surface area contributed by atoms with Crippen LogP contribution in [0.4, 0.5) is 9.59 Å². The van der Waals surface area contributed by atoms with E-state index in [2.05, 4.69) is 5.32 Å². The van der Waals surface area contributed by atoms with E-state index in [1.165, 1.54) is 12.0 Å². The van der Waals surface area contributed by atoms with Crippen LogP contribution < -0.4 is 5.32 Å². The number of nitrogens with zero attached hydrogens (tertiary/aromatic N) is 1. The summed E-state index contributed by atoms with van der Waals surface area (Å²) in [6, 6.07) is 8.22. The average Bonchev–Trinajstić information content (AvgIpc) is 2.71. The summed E-state index contributed by atoms with van der Waals surface area (Å²) in [5.41, 5.74) is 0.217. The number of carbonyl (C=O) groups is 3. The van der Waals surface area contributed by atoms with Crippen molar-refractivity contribution in [2.24, 2.45) is 0 Å². The van der Waals surface area contributed by atoms with Crippen molar-refractivity contribution >= 4 is 18.2 Å². The standard InChI is InChI=1S/C21H30N2O7/c1-21(2,3)30-20(26)23-10-11-28-16(13-23)12-17(18(24)27-4)22-19(25)29-14-15-8-6-5-7-9-15/h5-9,16-17H,10-14H2,1-4H3,(H,22,25)/t16-,17+/m0/s1. The fourth-order valence-corrected chi connectivity index (χ4v) is 2.88. The van der Waals surface area contributed by atoms with E-state index in [1.54, 1.807) is 20.8 Å². The normalized spacial score (nSPS) is 17.6. The molecule has 1 N–H and O–H groups in total. The second-order valence-corrected chi connectivity index (χ2v) is 7.94. The van der Waals surface area contributed by atoms with E-state index in [4.69, 9.17) is 18.9 Å². The summed E-state index contributed by atoms with van der Waals surface area (Å²) in [6.07, 6.45) is -1.52. The van der Waals surface area contributed by atoms with Crippen molar-refractivity contribution in [1.29, 1.82) is 0 Å². The van der Waals surface area contributed by atoms with Gasteiger partial charge in [-0.25, -0.2) is 14.4 Å². The molecule has 2 atom stereocenters. The Kier molecular flexibility index (Phi) is 8.46. The van der Waals surface area contributed by atoms with E-state index in [9.17, 15) is 14.4 Å². The van der Waals surface area contributed by atoms with E-state index >= 15 is 0 Å². The number of morpholine rings is 1. The predicted octanol–water partition coefficient (Wildman–Crippen LogP) is 2.48. The second kappa shape index (κ2) is 10.8. The lowest BCUT2D eigenvalue weighted by Crippen LogP contribution is -2.51. The van der Waals surface area contributed by atoms with Crippen LogP contribution in [0.25, 0.3) is 0 Å². The molecule has 30 heavy (non-hydrogen) atoms. The van der Waals surface area contributed by atoms with E-state index in [1.807, 2.05) is 30.3 Å². The lowest BCUT2D eigenvalue weighted by Gasteiger charge is -2.35. The van der Waals surface area contributed by atoms with Gasteiger partial charge in [-0.3, -0.25) is 0 Å². The number of hydrogen-bond acceptors (Lipinski definition) is 7. The number of ether oxygens (including phenoxy) is 4. The van der Waals surface area contributed by atoms with E-state index in [0.29, 0.717) is 13.2 Å². The van der Waals surface area contributed by atoms with Crippen LogP contribution in [0.5, 0.6) is 0 Å². The minimum atomic E-state index is -0.971. The van der Waals surface area contributed by atoms with E-state index < -0.39 is 35.9 Å². The van der Waals surface area contributed by atoms with Gasteiger partial charge in [-0.1, -0.05) is 30.3 Å². The van der Waals surface area contributed by atoms with Crippen LogP contribution in [-0.2, 0) is 30.3 Å². The third-order valence-electron chi connectivity index (χ3n) is 4.28. The Morgan fingerprint density at radius 1 is 1.23 bits per heavy atom. The lowest BCUT2D eigenvalue weighted by atomic mass is 10.1. The molecule has 0 bridgehead atoms. The number of benzene rings is 1. The van der Waals surface area contributed by atoms with Gasteiger partial charge in [0.25, 0.3) is 0 Å². The zero-order valence-electron chi connectivity index (χ0n) is 17.9. The summed E-state index contributed by atoms with van der Waals surface area (Å²) in [4.78, 5) is 38.1. The Balaban J connectivity index is 1.90. The highest BCUT2D eigenvalue weighted by atomic mass is 16.6. The number of rotatable bonds is 6. The van der Waals surface area contributed by atoms with Crippen LogP contribution in [-0.4, -0.2) is 67.6 Å².